The number of carbonyl (C=O) groups excluding carboxylic acids is 2. The van der Waals surface area contributed by atoms with E-state index in [4.69, 9.17) is 9.47 Å². The minimum atomic E-state index is -0.396. The number of hydrogen-bond acceptors (Lipinski definition) is 4. The molecule has 0 spiro atoms. The second-order valence-electron chi connectivity index (χ2n) is 6.26. The van der Waals surface area contributed by atoms with Crippen molar-refractivity contribution >= 4 is 17.5 Å². The number of carbonyl (C=O) groups is 2. The first-order valence-electron chi connectivity index (χ1n) is 8.84. The highest BCUT2D eigenvalue weighted by Crippen LogP contribution is 2.27. The highest BCUT2D eigenvalue weighted by Gasteiger charge is 2.18. The molecule has 0 aliphatic carbocycles. The zero-order valence-corrected chi connectivity index (χ0v) is 16.0. The highest BCUT2D eigenvalue weighted by molar-refractivity contribution is 5.93. The van der Waals surface area contributed by atoms with E-state index in [2.05, 4.69) is 10.6 Å². The van der Waals surface area contributed by atoms with Crippen molar-refractivity contribution in [2.75, 3.05) is 25.6 Å². The monoisotopic (exact) mass is 370 g/mol. The number of anilines is 1. The molecule has 1 atom stereocenters. The quantitative estimate of drug-likeness (QED) is 0.665. The molecule has 6 nitrogen and oxygen atoms in total. The van der Waals surface area contributed by atoms with Crippen LogP contribution < -0.4 is 15.4 Å². The Kier molecular flexibility index (Phi) is 7.82. The first kappa shape index (κ1) is 20.5. The molecule has 0 bridgehead atoms. The Morgan fingerprint density at radius 3 is 2.48 bits per heavy atom. The van der Waals surface area contributed by atoms with Crippen LogP contribution in [0, 0.1) is 6.92 Å². The van der Waals surface area contributed by atoms with E-state index in [0.29, 0.717) is 24.7 Å². The van der Waals surface area contributed by atoms with Crippen molar-refractivity contribution < 1.29 is 19.1 Å². The van der Waals surface area contributed by atoms with Crippen LogP contribution in [0.1, 0.15) is 30.5 Å². The smallest absolute Gasteiger partial charge is 0.226 e. The maximum absolute atomic E-state index is 12.6. The first-order chi connectivity index (χ1) is 13.0. The van der Waals surface area contributed by atoms with Gasteiger partial charge in [-0.05, 0) is 30.2 Å². The van der Waals surface area contributed by atoms with E-state index in [1.54, 1.807) is 7.11 Å². The number of hydrogen-bond donors (Lipinski definition) is 2. The van der Waals surface area contributed by atoms with Crippen LogP contribution in [-0.4, -0.2) is 32.1 Å². The van der Waals surface area contributed by atoms with Gasteiger partial charge < -0.3 is 20.1 Å². The van der Waals surface area contributed by atoms with Crippen molar-refractivity contribution in [3.63, 3.8) is 0 Å². The summed E-state index contributed by atoms with van der Waals surface area (Å²) in [6, 6.07) is 14.6. The normalized spacial score (nSPS) is 11.5. The third-order valence-electron chi connectivity index (χ3n) is 3.93. The molecule has 6 heteroatoms. The molecule has 2 aromatic rings. The summed E-state index contributed by atoms with van der Waals surface area (Å²) in [4.78, 5) is 24.1. The molecule has 0 aliphatic rings. The molecule has 2 rings (SSSR count). The molecule has 2 aromatic carbocycles. The van der Waals surface area contributed by atoms with Gasteiger partial charge in [-0.3, -0.25) is 9.59 Å². The predicted molar refractivity (Wildman–Crippen MR) is 105 cm³/mol. The minimum Gasteiger partial charge on any atom is -0.489 e. The Morgan fingerprint density at radius 2 is 1.81 bits per heavy atom. The molecule has 0 saturated heterocycles. The summed E-state index contributed by atoms with van der Waals surface area (Å²) in [7, 11) is 1.61. The fourth-order valence-electron chi connectivity index (χ4n) is 2.66. The lowest BCUT2D eigenvalue weighted by Crippen LogP contribution is -2.29. The molecule has 0 heterocycles. The van der Waals surface area contributed by atoms with Crippen LogP contribution in [0.25, 0.3) is 0 Å². The maximum Gasteiger partial charge on any atom is 0.226 e. The van der Waals surface area contributed by atoms with Crippen molar-refractivity contribution in [1.29, 1.82) is 0 Å². The number of benzene rings is 2. The van der Waals surface area contributed by atoms with Crippen molar-refractivity contribution in [2.45, 2.75) is 26.3 Å². The van der Waals surface area contributed by atoms with E-state index in [1.165, 1.54) is 6.92 Å². The van der Waals surface area contributed by atoms with Gasteiger partial charge in [-0.2, -0.15) is 0 Å². The fraction of sp³-hybridized carbons (Fsp3) is 0.333. The second kappa shape index (κ2) is 10.3. The molecule has 2 N–H and O–H groups in total. The van der Waals surface area contributed by atoms with Gasteiger partial charge in [0, 0.05) is 14.0 Å². The Hall–Kier alpha value is -2.86. The predicted octanol–water partition coefficient (Wildman–Crippen LogP) is 3.23. The molecule has 0 aromatic heterocycles. The largest absolute Gasteiger partial charge is 0.489 e. The maximum atomic E-state index is 12.6. The molecular formula is C21H26N2O4. The van der Waals surface area contributed by atoms with Gasteiger partial charge in [-0.1, -0.05) is 36.4 Å². The number of methoxy groups -OCH3 is 1. The van der Waals surface area contributed by atoms with Gasteiger partial charge in [-0.15, -0.1) is 0 Å². The van der Waals surface area contributed by atoms with E-state index >= 15 is 0 Å². The van der Waals surface area contributed by atoms with Gasteiger partial charge in [0.25, 0.3) is 0 Å². The Labute approximate surface area is 159 Å². The molecule has 2 amide bonds. The standard InChI is InChI=1S/C21H26N2O4/c1-15-9-10-18(20(13-15)27-12-11-26-3)23-21(25)14-19(22-16(2)24)17-7-5-4-6-8-17/h4-10,13,19H,11-12,14H2,1-3H3,(H,22,24)(H,23,25). The van der Waals surface area contributed by atoms with Crippen LogP contribution in [0.2, 0.25) is 0 Å². The van der Waals surface area contributed by atoms with Crippen LogP contribution in [0.3, 0.4) is 0 Å². The Bertz CT molecular complexity index is 762. The molecule has 0 saturated carbocycles. The molecular weight excluding hydrogens is 344 g/mol. The van der Waals surface area contributed by atoms with Gasteiger partial charge in [-0.25, -0.2) is 0 Å². The van der Waals surface area contributed by atoms with Crippen LogP contribution in [-0.2, 0) is 14.3 Å². The Morgan fingerprint density at radius 1 is 1.07 bits per heavy atom. The summed E-state index contributed by atoms with van der Waals surface area (Å²) in [6.45, 7) is 4.24. The summed E-state index contributed by atoms with van der Waals surface area (Å²) in [5, 5.41) is 5.71. The summed E-state index contributed by atoms with van der Waals surface area (Å²) in [6.07, 6.45) is 0.120. The minimum absolute atomic E-state index is 0.120. The van der Waals surface area contributed by atoms with Crippen molar-refractivity contribution in [1.82, 2.24) is 5.32 Å². The molecule has 1 unspecified atom stereocenters. The third kappa shape index (κ3) is 6.75. The molecule has 144 valence electrons. The number of amides is 2. The van der Waals surface area contributed by atoms with Gasteiger partial charge in [0.05, 0.1) is 24.8 Å². The van der Waals surface area contributed by atoms with Crippen LogP contribution >= 0.6 is 0 Å². The Balaban J connectivity index is 2.09. The topological polar surface area (TPSA) is 76.7 Å². The second-order valence-corrected chi connectivity index (χ2v) is 6.26. The van der Waals surface area contributed by atoms with Crippen molar-refractivity contribution in [3.8, 4) is 5.75 Å². The fourth-order valence-corrected chi connectivity index (χ4v) is 2.66. The SMILES string of the molecule is COCCOc1cc(C)ccc1NC(=O)CC(NC(C)=O)c1ccccc1. The van der Waals surface area contributed by atoms with Gasteiger partial charge in [0.1, 0.15) is 12.4 Å². The van der Waals surface area contributed by atoms with Crippen molar-refractivity contribution in [2.24, 2.45) is 0 Å². The van der Waals surface area contributed by atoms with Crippen LogP contribution in [0.5, 0.6) is 5.75 Å². The summed E-state index contributed by atoms with van der Waals surface area (Å²) < 4.78 is 10.7. The number of aryl methyl sites for hydroxylation is 1. The molecule has 27 heavy (non-hydrogen) atoms. The van der Waals surface area contributed by atoms with Crippen LogP contribution in [0.15, 0.2) is 48.5 Å². The highest BCUT2D eigenvalue weighted by atomic mass is 16.5. The van der Waals surface area contributed by atoms with Gasteiger partial charge in [0.15, 0.2) is 0 Å². The summed E-state index contributed by atoms with van der Waals surface area (Å²) in [5.74, 6) is 0.199. The molecule has 0 aliphatic heterocycles. The van der Waals surface area contributed by atoms with E-state index in [9.17, 15) is 9.59 Å². The molecule has 0 fully saturated rings. The van der Waals surface area contributed by atoms with E-state index < -0.39 is 6.04 Å². The van der Waals surface area contributed by atoms with E-state index in [1.807, 2.05) is 55.5 Å². The lowest BCUT2D eigenvalue weighted by atomic mass is 10.0. The average Bonchev–Trinajstić information content (AvgIpc) is 2.64. The lowest BCUT2D eigenvalue weighted by Gasteiger charge is -2.19. The first-order valence-corrected chi connectivity index (χ1v) is 8.84. The van der Waals surface area contributed by atoms with E-state index in [-0.39, 0.29) is 18.2 Å². The number of rotatable bonds is 9. The van der Waals surface area contributed by atoms with Gasteiger partial charge >= 0.3 is 0 Å². The van der Waals surface area contributed by atoms with Gasteiger partial charge in [0.2, 0.25) is 11.8 Å². The van der Waals surface area contributed by atoms with Crippen molar-refractivity contribution in [3.05, 3.63) is 59.7 Å². The zero-order chi connectivity index (χ0) is 19.6. The lowest BCUT2D eigenvalue weighted by molar-refractivity contribution is -0.120. The average molecular weight is 370 g/mol. The number of ether oxygens (including phenoxy) is 2. The summed E-state index contributed by atoms with van der Waals surface area (Å²) in [5.41, 5.74) is 2.50. The molecule has 0 radical (unpaired) electrons. The van der Waals surface area contributed by atoms with E-state index in [0.717, 1.165) is 11.1 Å². The summed E-state index contributed by atoms with van der Waals surface area (Å²) >= 11 is 0. The third-order valence-corrected chi connectivity index (χ3v) is 3.93. The van der Waals surface area contributed by atoms with Crippen LogP contribution in [0.4, 0.5) is 5.69 Å². The zero-order valence-electron chi connectivity index (χ0n) is 16.0. The number of nitrogens with one attached hydrogen (secondary N) is 2.